The van der Waals surface area contributed by atoms with E-state index in [1.165, 1.54) is 0 Å². The molecule has 0 aromatic heterocycles. The van der Waals surface area contributed by atoms with Crippen LogP contribution in [0.25, 0.3) is 0 Å². The molecule has 1 atom stereocenters. The van der Waals surface area contributed by atoms with Gasteiger partial charge < -0.3 is 10.6 Å². The van der Waals surface area contributed by atoms with Crippen LogP contribution in [0, 0.1) is 0 Å². The van der Waals surface area contributed by atoms with Crippen molar-refractivity contribution >= 4 is 11.6 Å². The second-order valence-electron chi connectivity index (χ2n) is 3.39. The molecule has 1 aromatic carbocycles. The van der Waals surface area contributed by atoms with Gasteiger partial charge >= 0.3 is 0 Å². The number of nitrogens with two attached hydrogens (primary N) is 1. The van der Waals surface area contributed by atoms with E-state index < -0.39 is 0 Å². The maximum absolute atomic E-state index is 6.00. The fourth-order valence-electron chi connectivity index (χ4n) is 1.27. The Morgan fingerprint density at radius 2 is 2.00 bits per heavy atom. The van der Waals surface area contributed by atoms with Crippen LogP contribution in [0.15, 0.2) is 24.3 Å². The molecule has 3 heteroatoms. The van der Waals surface area contributed by atoms with Crippen LogP contribution >= 0.6 is 11.6 Å². The molecule has 0 heterocycles. The third kappa shape index (κ3) is 2.99. The third-order valence-electron chi connectivity index (χ3n) is 1.87. The summed E-state index contributed by atoms with van der Waals surface area (Å²) < 4.78 is 0. The van der Waals surface area contributed by atoms with E-state index in [1.807, 2.05) is 43.3 Å². The lowest BCUT2D eigenvalue weighted by atomic mass is 10.1. The summed E-state index contributed by atoms with van der Waals surface area (Å²) in [6.45, 7) is 0.809. The zero-order chi connectivity index (χ0) is 9.84. The summed E-state index contributed by atoms with van der Waals surface area (Å²) in [4.78, 5) is 2.05. The van der Waals surface area contributed by atoms with Gasteiger partial charge in [0.1, 0.15) is 0 Å². The Morgan fingerprint density at radius 3 is 2.54 bits per heavy atom. The van der Waals surface area contributed by atoms with E-state index in [1.54, 1.807) is 0 Å². The monoisotopic (exact) mass is 198 g/mol. The predicted octanol–water partition coefficient (Wildman–Crippen LogP) is 1.90. The topological polar surface area (TPSA) is 29.3 Å². The van der Waals surface area contributed by atoms with Gasteiger partial charge in [-0.25, -0.2) is 0 Å². The van der Waals surface area contributed by atoms with Gasteiger partial charge in [0.05, 0.1) is 0 Å². The molecular formula is C10H15ClN2. The number of halogens is 1. The molecule has 0 spiro atoms. The average molecular weight is 199 g/mol. The summed E-state index contributed by atoms with van der Waals surface area (Å²) in [7, 11) is 3.99. The Labute approximate surface area is 84.3 Å². The first-order valence-corrected chi connectivity index (χ1v) is 4.64. The summed E-state index contributed by atoms with van der Waals surface area (Å²) in [5.41, 5.74) is 6.98. The Hall–Kier alpha value is -0.570. The molecule has 1 unspecified atom stereocenters. The maximum atomic E-state index is 6.00. The number of likely N-dealkylation sites (N-methyl/N-ethyl adjacent to an activating group) is 1. The summed E-state index contributed by atoms with van der Waals surface area (Å²) in [6, 6.07) is 7.69. The Bertz CT molecular complexity index is 273. The number of nitrogens with zero attached hydrogens (tertiary/aromatic N) is 1. The van der Waals surface area contributed by atoms with E-state index in [4.69, 9.17) is 17.3 Å². The van der Waals surface area contributed by atoms with Gasteiger partial charge in [0, 0.05) is 17.6 Å². The lowest BCUT2D eigenvalue weighted by Crippen LogP contribution is -2.26. The second-order valence-corrected chi connectivity index (χ2v) is 3.80. The van der Waals surface area contributed by atoms with Crippen molar-refractivity contribution in [2.24, 2.45) is 5.73 Å². The highest BCUT2D eigenvalue weighted by Gasteiger charge is 2.09. The van der Waals surface area contributed by atoms with Gasteiger partial charge in [0.15, 0.2) is 0 Å². The Morgan fingerprint density at radius 1 is 1.38 bits per heavy atom. The number of hydrogen-bond acceptors (Lipinski definition) is 2. The van der Waals surface area contributed by atoms with Crippen LogP contribution in [0.4, 0.5) is 0 Å². The van der Waals surface area contributed by atoms with Crippen LogP contribution in [0.1, 0.15) is 11.6 Å². The largest absolute Gasteiger partial charge is 0.323 e. The molecule has 0 radical (unpaired) electrons. The van der Waals surface area contributed by atoms with E-state index in [0.29, 0.717) is 0 Å². The first-order valence-electron chi connectivity index (χ1n) is 4.26. The average Bonchev–Trinajstić information content (AvgIpc) is 2.03. The Kier molecular flexibility index (Phi) is 3.72. The highest BCUT2D eigenvalue weighted by atomic mass is 35.5. The fourth-order valence-corrected chi connectivity index (χ4v) is 1.54. The van der Waals surface area contributed by atoms with Crippen LogP contribution < -0.4 is 5.73 Å². The molecule has 2 nitrogen and oxygen atoms in total. The van der Waals surface area contributed by atoms with E-state index in [9.17, 15) is 0 Å². The smallest absolute Gasteiger partial charge is 0.0454 e. The first-order chi connectivity index (χ1) is 6.11. The molecule has 0 aliphatic carbocycles. The van der Waals surface area contributed by atoms with E-state index in [2.05, 4.69) is 0 Å². The summed E-state index contributed by atoms with van der Waals surface area (Å²) in [5.74, 6) is 0. The van der Waals surface area contributed by atoms with Gasteiger partial charge in [-0.05, 0) is 25.7 Å². The molecule has 1 aromatic rings. The molecule has 13 heavy (non-hydrogen) atoms. The van der Waals surface area contributed by atoms with Crippen LogP contribution in [-0.2, 0) is 0 Å². The third-order valence-corrected chi connectivity index (χ3v) is 2.21. The fraction of sp³-hybridized carbons (Fsp3) is 0.400. The second kappa shape index (κ2) is 4.61. The summed E-state index contributed by atoms with van der Waals surface area (Å²) in [5, 5.41) is 0.747. The van der Waals surface area contributed by atoms with Gasteiger partial charge in [0.25, 0.3) is 0 Å². The van der Waals surface area contributed by atoms with Crippen molar-refractivity contribution in [2.75, 3.05) is 20.6 Å². The van der Waals surface area contributed by atoms with Crippen molar-refractivity contribution in [3.05, 3.63) is 34.9 Å². The van der Waals surface area contributed by atoms with Crippen LogP contribution in [0.3, 0.4) is 0 Å². The molecule has 0 bridgehead atoms. The van der Waals surface area contributed by atoms with Crippen LogP contribution in [0.2, 0.25) is 5.02 Å². The zero-order valence-corrected chi connectivity index (χ0v) is 8.75. The predicted molar refractivity (Wildman–Crippen MR) is 56.9 cm³/mol. The number of hydrogen-bond donors (Lipinski definition) is 1. The molecule has 0 aliphatic heterocycles. The minimum Gasteiger partial charge on any atom is -0.323 e. The van der Waals surface area contributed by atoms with Crippen molar-refractivity contribution in [1.29, 1.82) is 0 Å². The molecule has 0 fully saturated rings. The summed E-state index contributed by atoms with van der Waals surface area (Å²) in [6.07, 6.45) is 0. The van der Waals surface area contributed by atoms with E-state index in [0.717, 1.165) is 17.1 Å². The van der Waals surface area contributed by atoms with Crippen molar-refractivity contribution in [3.8, 4) is 0 Å². The molecule has 0 saturated carbocycles. The SMILES string of the molecule is CN(C)CC(N)c1ccccc1Cl. The van der Waals surface area contributed by atoms with Gasteiger partial charge in [-0.1, -0.05) is 29.8 Å². The Balaban J connectivity index is 2.76. The quantitative estimate of drug-likeness (QED) is 0.804. The van der Waals surface area contributed by atoms with Gasteiger partial charge in [-0.2, -0.15) is 0 Å². The summed E-state index contributed by atoms with van der Waals surface area (Å²) >= 11 is 6.00. The van der Waals surface area contributed by atoms with Gasteiger partial charge in [0.2, 0.25) is 0 Å². The molecule has 0 amide bonds. The van der Waals surface area contributed by atoms with Crippen molar-refractivity contribution in [3.63, 3.8) is 0 Å². The maximum Gasteiger partial charge on any atom is 0.0454 e. The molecule has 0 saturated heterocycles. The number of rotatable bonds is 3. The first kappa shape index (κ1) is 10.5. The van der Waals surface area contributed by atoms with Gasteiger partial charge in [-0.15, -0.1) is 0 Å². The highest BCUT2D eigenvalue weighted by Crippen LogP contribution is 2.20. The minimum atomic E-state index is -0.0105. The van der Waals surface area contributed by atoms with E-state index >= 15 is 0 Å². The van der Waals surface area contributed by atoms with Crippen molar-refractivity contribution in [1.82, 2.24) is 4.90 Å². The van der Waals surface area contributed by atoms with Gasteiger partial charge in [-0.3, -0.25) is 0 Å². The highest BCUT2D eigenvalue weighted by molar-refractivity contribution is 6.31. The van der Waals surface area contributed by atoms with Crippen LogP contribution in [0.5, 0.6) is 0 Å². The van der Waals surface area contributed by atoms with Crippen molar-refractivity contribution in [2.45, 2.75) is 6.04 Å². The molecule has 1 rings (SSSR count). The molecular weight excluding hydrogens is 184 g/mol. The van der Waals surface area contributed by atoms with Crippen molar-refractivity contribution < 1.29 is 0 Å². The number of benzene rings is 1. The normalized spacial score (nSPS) is 13.3. The molecule has 2 N–H and O–H groups in total. The standard InChI is InChI=1S/C10H15ClN2/c1-13(2)7-10(12)8-5-3-4-6-9(8)11/h3-6,10H,7,12H2,1-2H3. The molecule has 72 valence electrons. The minimum absolute atomic E-state index is 0.0105. The lowest BCUT2D eigenvalue weighted by Gasteiger charge is -2.17. The zero-order valence-electron chi connectivity index (χ0n) is 8.00. The van der Waals surface area contributed by atoms with Crippen LogP contribution in [-0.4, -0.2) is 25.5 Å². The van der Waals surface area contributed by atoms with E-state index in [-0.39, 0.29) is 6.04 Å². The lowest BCUT2D eigenvalue weighted by molar-refractivity contribution is 0.377. The molecule has 0 aliphatic rings.